The molecule has 0 aliphatic heterocycles. The second kappa shape index (κ2) is 2.56. The van der Waals surface area contributed by atoms with E-state index in [1.54, 1.807) is 13.0 Å². The first-order valence-corrected chi connectivity index (χ1v) is 4.88. The fraction of sp³-hybridized carbons (Fsp3) is 0.364. The van der Waals surface area contributed by atoms with E-state index in [1.807, 2.05) is 12.4 Å². The lowest BCUT2D eigenvalue weighted by molar-refractivity contribution is 0.619. The van der Waals surface area contributed by atoms with E-state index in [0.29, 0.717) is 11.6 Å². The van der Waals surface area contributed by atoms with Crippen molar-refractivity contribution in [3.63, 3.8) is 0 Å². The largest absolute Gasteiger partial charge is 0.327 e. The topological polar surface area (TPSA) is 17.8 Å². The summed E-state index contributed by atoms with van der Waals surface area (Å²) in [6.07, 6.45) is 4.21. The number of hydrogen-bond donors (Lipinski definition) is 0. The molecule has 72 valence electrons. The second-order valence-electron chi connectivity index (χ2n) is 3.97. The van der Waals surface area contributed by atoms with Crippen LogP contribution in [0.3, 0.4) is 0 Å². The minimum Gasteiger partial charge on any atom is -0.327 e. The summed E-state index contributed by atoms with van der Waals surface area (Å²) >= 11 is 0. The molecule has 3 heteroatoms. The van der Waals surface area contributed by atoms with E-state index in [1.165, 1.54) is 12.8 Å². The van der Waals surface area contributed by atoms with E-state index >= 15 is 0 Å². The van der Waals surface area contributed by atoms with E-state index in [4.69, 9.17) is 0 Å². The fourth-order valence-corrected chi connectivity index (χ4v) is 1.80. The van der Waals surface area contributed by atoms with E-state index < -0.39 is 0 Å². The van der Waals surface area contributed by atoms with Gasteiger partial charge in [0.1, 0.15) is 5.82 Å². The van der Waals surface area contributed by atoms with Crippen LogP contribution in [0.4, 0.5) is 4.39 Å². The molecule has 2 nitrogen and oxygen atoms in total. The van der Waals surface area contributed by atoms with Crippen molar-refractivity contribution in [3.8, 4) is 0 Å². The Morgan fingerprint density at radius 2 is 2.21 bits per heavy atom. The van der Waals surface area contributed by atoms with Gasteiger partial charge in [-0.1, -0.05) is 0 Å². The molecular formula is C11H11FN2. The molecule has 0 unspecified atom stereocenters. The highest BCUT2D eigenvalue weighted by Crippen LogP contribution is 2.37. The third-order valence-corrected chi connectivity index (χ3v) is 2.80. The van der Waals surface area contributed by atoms with Crippen molar-refractivity contribution in [2.75, 3.05) is 0 Å². The van der Waals surface area contributed by atoms with Crippen molar-refractivity contribution in [2.45, 2.75) is 25.8 Å². The lowest BCUT2D eigenvalue weighted by Crippen LogP contribution is -1.91. The van der Waals surface area contributed by atoms with Gasteiger partial charge in [0.05, 0.1) is 17.4 Å². The molecule has 1 aliphatic rings. The Morgan fingerprint density at radius 1 is 1.43 bits per heavy atom. The predicted molar refractivity (Wildman–Crippen MR) is 52.7 cm³/mol. The molecule has 1 aromatic heterocycles. The van der Waals surface area contributed by atoms with E-state index in [-0.39, 0.29) is 5.82 Å². The molecule has 1 aliphatic carbocycles. The number of benzene rings is 1. The van der Waals surface area contributed by atoms with Crippen molar-refractivity contribution in [2.24, 2.45) is 0 Å². The SMILES string of the molecule is Cc1cc2ncn(C3CC3)c2cc1F. The van der Waals surface area contributed by atoms with Gasteiger partial charge in [-0.2, -0.15) is 0 Å². The van der Waals surface area contributed by atoms with Gasteiger partial charge in [-0.25, -0.2) is 9.37 Å². The Hall–Kier alpha value is -1.38. The molecule has 2 aromatic rings. The average Bonchev–Trinajstić information content (AvgIpc) is 2.91. The van der Waals surface area contributed by atoms with Gasteiger partial charge in [0.15, 0.2) is 0 Å². The van der Waals surface area contributed by atoms with Gasteiger partial charge in [0.25, 0.3) is 0 Å². The zero-order valence-corrected chi connectivity index (χ0v) is 8.00. The average molecular weight is 190 g/mol. The van der Waals surface area contributed by atoms with Gasteiger partial charge in [-0.3, -0.25) is 0 Å². The Kier molecular flexibility index (Phi) is 1.46. The third kappa shape index (κ3) is 1.05. The van der Waals surface area contributed by atoms with Crippen molar-refractivity contribution in [1.82, 2.24) is 9.55 Å². The molecule has 14 heavy (non-hydrogen) atoms. The van der Waals surface area contributed by atoms with Gasteiger partial charge in [0.2, 0.25) is 0 Å². The van der Waals surface area contributed by atoms with Crippen LogP contribution >= 0.6 is 0 Å². The molecule has 0 bridgehead atoms. The first kappa shape index (κ1) is 7.97. The van der Waals surface area contributed by atoms with Crippen LogP contribution in [0.25, 0.3) is 11.0 Å². The van der Waals surface area contributed by atoms with Crippen LogP contribution in [0.1, 0.15) is 24.4 Å². The predicted octanol–water partition coefficient (Wildman–Crippen LogP) is 2.82. The molecule has 1 fully saturated rings. The van der Waals surface area contributed by atoms with E-state index in [0.717, 1.165) is 11.0 Å². The van der Waals surface area contributed by atoms with Gasteiger partial charge in [-0.05, 0) is 31.4 Å². The first-order valence-electron chi connectivity index (χ1n) is 4.88. The Morgan fingerprint density at radius 3 is 2.93 bits per heavy atom. The molecule has 0 N–H and O–H groups in total. The summed E-state index contributed by atoms with van der Waals surface area (Å²) in [5.41, 5.74) is 2.49. The summed E-state index contributed by atoms with van der Waals surface area (Å²) in [6, 6.07) is 3.96. The zero-order chi connectivity index (χ0) is 9.71. The van der Waals surface area contributed by atoms with Crippen LogP contribution in [0.2, 0.25) is 0 Å². The number of hydrogen-bond acceptors (Lipinski definition) is 1. The number of aromatic nitrogens is 2. The summed E-state index contributed by atoms with van der Waals surface area (Å²) in [7, 11) is 0. The summed E-state index contributed by atoms with van der Waals surface area (Å²) in [5.74, 6) is -0.139. The van der Waals surface area contributed by atoms with Crippen LogP contribution < -0.4 is 0 Å². The molecule has 0 spiro atoms. The van der Waals surface area contributed by atoms with Crippen molar-refractivity contribution >= 4 is 11.0 Å². The number of nitrogens with zero attached hydrogens (tertiary/aromatic N) is 2. The molecule has 1 heterocycles. The zero-order valence-electron chi connectivity index (χ0n) is 8.00. The highest BCUT2D eigenvalue weighted by Gasteiger charge is 2.25. The lowest BCUT2D eigenvalue weighted by Gasteiger charge is -2.01. The van der Waals surface area contributed by atoms with Gasteiger partial charge in [-0.15, -0.1) is 0 Å². The summed E-state index contributed by atoms with van der Waals surface area (Å²) in [4.78, 5) is 4.28. The molecule has 1 aromatic carbocycles. The van der Waals surface area contributed by atoms with Crippen LogP contribution in [0.5, 0.6) is 0 Å². The highest BCUT2D eigenvalue weighted by molar-refractivity contribution is 5.76. The number of rotatable bonds is 1. The number of halogens is 1. The van der Waals surface area contributed by atoms with Crippen molar-refractivity contribution in [1.29, 1.82) is 0 Å². The normalized spacial score (nSPS) is 16.4. The lowest BCUT2D eigenvalue weighted by atomic mass is 10.2. The molecule has 3 rings (SSSR count). The minimum atomic E-state index is -0.139. The van der Waals surface area contributed by atoms with E-state index in [9.17, 15) is 4.39 Å². The maximum atomic E-state index is 13.3. The summed E-state index contributed by atoms with van der Waals surface area (Å²) < 4.78 is 15.4. The molecule has 0 atom stereocenters. The highest BCUT2D eigenvalue weighted by atomic mass is 19.1. The number of imidazole rings is 1. The van der Waals surface area contributed by atoms with Crippen molar-refractivity contribution < 1.29 is 4.39 Å². The molecule has 0 amide bonds. The van der Waals surface area contributed by atoms with Crippen molar-refractivity contribution in [3.05, 3.63) is 29.8 Å². The quantitative estimate of drug-likeness (QED) is 0.676. The number of aryl methyl sites for hydroxylation is 1. The number of fused-ring (bicyclic) bond motifs is 1. The Balaban J connectivity index is 2.29. The monoisotopic (exact) mass is 190 g/mol. The van der Waals surface area contributed by atoms with Crippen LogP contribution in [0.15, 0.2) is 18.5 Å². The summed E-state index contributed by atoms with van der Waals surface area (Å²) in [6.45, 7) is 1.77. The fourth-order valence-electron chi connectivity index (χ4n) is 1.80. The summed E-state index contributed by atoms with van der Waals surface area (Å²) in [5, 5.41) is 0. The van der Waals surface area contributed by atoms with Crippen LogP contribution in [-0.2, 0) is 0 Å². The standard InChI is InChI=1S/C11H11FN2/c1-7-4-10-11(5-9(7)12)14(6-13-10)8-2-3-8/h4-6,8H,2-3H2,1H3. The first-order chi connectivity index (χ1) is 6.75. The van der Waals surface area contributed by atoms with Gasteiger partial charge in [0, 0.05) is 12.1 Å². The van der Waals surface area contributed by atoms with E-state index in [2.05, 4.69) is 9.55 Å². The molecule has 1 saturated carbocycles. The Bertz CT molecular complexity index is 497. The third-order valence-electron chi connectivity index (χ3n) is 2.80. The molecule has 0 radical (unpaired) electrons. The maximum Gasteiger partial charge on any atom is 0.128 e. The minimum absolute atomic E-state index is 0.139. The van der Waals surface area contributed by atoms with Gasteiger partial charge >= 0.3 is 0 Å². The Labute approximate surface area is 81.4 Å². The molecular weight excluding hydrogens is 179 g/mol. The molecule has 0 saturated heterocycles. The smallest absolute Gasteiger partial charge is 0.128 e. The van der Waals surface area contributed by atoms with Gasteiger partial charge < -0.3 is 4.57 Å². The van der Waals surface area contributed by atoms with Crippen LogP contribution in [0, 0.1) is 12.7 Å². The maximum absolute atomic E-state index is 13.3. The van der Waals surface area contributed by atoms with Crippen LogP contribution in [-0.4, -0.2) is 9.55 Å². The second-order valence-corrected chi connectivity index (χ2v) is 3.97.